The number of ether oxygens (including phenoxy) is 1. The number of nitrogens with one attached hydrogen (secondary N) is 1. The van der Waals surface area contributed by atoms with Crippen LogP contribution in [-0.4, -0.2) is 12.1 Å². The zero-order valence-electron chi connectivity index (χ0n) is 15.9. The first-order valence-corrected chi connectivity index (χ1v) is 9.35. The Balaban J connectivity index is 1.80. The molecule has 0 aliphatic heterocycles. The molecule has 0 aliphatic carbocycles. The molecule has 0 saturated carbocycles. The van der Waals surface area contributed by atoms with Crippen LogP contribution in [0.4, 0.5) is 13.2 Å². The van der Waals surface area contributed by atoms with Crippen molar-refractivity contribution in [3.63, 3.8) is 0 Å². The zero-order valence-corrected chi connectivity index (χ0v) is 16.7. The predicted octanol–water partition coefficient (Wildman–Crippen LogP) is 6.28. The van der Waals surface area contributed by atoms with E-state index in [-0.39, 0.29) is 6.04 Å². The van der Waals surface area contributed by atoms with Gasteiger partial charge in [-0.25, -0.2) is 4.98 Å². The third kappa shape index (κ3) is 5.28. The van der Waals surface area contributed by atoms with Gasteiger partial charge in [0.05, 0.1) is 12.7 Å². The average molecular weight is 421 g/mol. The van der Waals surface area contributed by atoms with E-state index < -0.39 is 11.7 Å². The summed E-state index contributed by atoms with van der Waals surface area (Å²) < 4.78 is 43.7. The third-order valence-corrected chi connectivity index (χ3v) is 4.82. The van der Waals surface area contributed by atoms with E-state index in [1.807, 2.05) is 37.3 Å². The zero-order chi connectivity index (χ0) is 21.0. The van der Waals surface area contributed by atoms with Crippen LogP contribution in [0.1, 0.15) is 29.7 Å². The van der Waals surface area contributed by atoms with E-state index >= 15 is 0 Å². The molecular weight excluding hydrogens is 401 g/mol. The van der Waals surface area contributed by atoms with Gasteiger partial charge >= 0.3 is 6.18 Å². The maximum Gasteiger partial charge on any atom is 0.416 e. The van der Waals surface area contributed by atoms with E-state index in [1.165, 1.54) is 19.2 Å². The fourth-order valence-corrected chi connectivity index (χ4v) is 3.16. The molecule has 1 heterocycles. The number of benzene rings is 2. The Morgan fingerprint density at radius 2 is 1.83 bits per heavy atom. The number of rotatable bonds is 6. The van der Waals surface area contributed by atoms with Gasteiger partial charge in [-0.3, -0.25) is 0 Å². The van der Waals surface area contributed by atoms with Crippen molar-refractivity contribution < 1.29 is 17.9 Å². The van der Waals surface area contributed by atoms with Gasteiger partial charge in [0.25, 0.3) is 0 Å². The van der Waals surface area contributed by atoms with Crippen LogP contribution in [0, 0.1) is 0 Å². The summed E-state index contributed by atoms with van der Waals surface area (Å²) in [7, 11) is 1.48. The van der Waals surface area contributed by atoms with E-state index in [0.29, 0.717) is 28.6 Å². The van der Waals surface area contributed by atoms with Gasteiger partial charge in [0.1, 0.15) is 0 Å². The number of halogens is 4. The highest BCUT2D eigenvalue weighted by Gasteiger charge is 2.30. The minimum atomic E-state index is -4.37. The van der Waals surface area contributed by atoms with Crippen molar-refractivity contribution in [3.8, 4) is 17.0 Å². The molecule has 1 aromatic heterocycles. The molecule has 3 rings (SSSR count). The second-order valence-electron chi connectivity index (χ2n) is 6.63. The molecule has 0 bridgehead atoms. The molecule has 1 atom stereocenters. The monoisotopic (exact) mass is 420 g/mol. The van der Waals surface area contributed by atoms with Crippen LogP contribution in [-0.2, 0) is 12.7 Å². The van der Waals surface area contributed by atoms with Crippen LogP contribution in [0.5, 0.6) is 5.88 Å². The number of nitrogens with zero attached hydrogens (tertiary/aromatic N) is 1. The van der Waals surface area contributed by atoms with Gasteiger partial charge in [-0.2, -0.15) is 13.2 Å². The first-order chi connectivity index (χ1) is 13.8. The molecule has 0 amide bonds. The highest BCUT2D eigenvalue weighted by Crippen LogP contribution is 2.33. The Morgan fingerprint density at radius 3 is 2.45 bits per heavy atom. The Hall–Kier alpha value is -2.57. The smallest absolute Gasteiger partial charge is 0.416 e. The summed E-state index contributed by atoms with van der Waals surface area (Å²) in [5, 5.41) is 4.07. The molecule has 0 saturated heterocycles. The lowest BCUT2D eigenvalue weighted by Gasteiger charge is -2.16. The van der Waals surface area contributed by atoms with Gasteiger partial charge in [0, 0.05) is 29.4 Å². The van der Waals surface area contributed by atoms with E-state index in [2.05, 4.69) is 10.3 Å². The molecule has 0 fully saturated rings. The van der Waals surface area contributed by atoms with Crippen molar-refractivity contribution in [1.82, 2.24) is 10.3 Å². The Kier molecular flexibility index (Phi) is 6.45. The predicted molar refractivity (Wildman–Crippen MR) is 108 cm³/mol. The number of hydrogen-bond acceptors (Lipinski definition) is 3. The van der Waals surface area contributed by atoms with Crippen LogP contribution < -0.4 is 10.1 Å². The number of pyridine rings is 1. The molecule has 0 radical (unpaired) electrons. The Bertz CT molecular complexity index is 975. The standard InChI is InChI=1S/C22H20ClF3N2O/c1-14(17-4-3-5-19(23)11-17)27-12-15-10-20(21(29-2)28-13-15)16-6-8-18(9-7-16)22(24,25)26/h3-11,13-14,27H,12H2,1-2H3/t14-/m1/s1. The van der Waals surface area contributed by atoms with Gasteiger partial charge in [-0.1, -0.05) is 35.9 Å². The molecule has 0 aliphatic rings. The minimum absolute atomic E-state index is 0.0605. The average Bonchev–Trinajstić information content (AvgIpc) is 2.71. The number of hydrogen-bond donors (Lipinski definition) is 1. The Morgan fingerprint density at radius 1 is 1.10 bits per heavy atom. The highest BCUT2D eigenvalue weighted by atomic mass is 35.5. The third-order valence-electron chi connectivity index (χ3n) is 4.59. The molecule has 3 aromatic rings. The molecule has 0 unspecified atom stereocenters. The van der Waals surface area contributed by atoms with Crippen LogP contribution in [0.3, 0.4) is 0 Å². The van der Waals surface area contributed by atoms with Gasteiger partial charge < -0.3 is 10.1 Å². The summed E-state index contributed by atoms with van der Waals surface area (Å²) in [5.41, 5.74) is 2.49. The van der Waals surface area contributed by atoms with Gasteiger partial charge in [0.15, 0.2) is 0 Å². The summed E-state index contributed by atoms with van der Waals surface area (Å²) >= 11 is 6.05. The highest BCUT2D eigenvalue weighted by molar-refractivity contribution is 6.30. The molecule has 0 spiro atoms. The lowest BCUT2D eigenvalue weighted by molar-refractivity contribution is -0.137. The van der Waals surface area contributed by atoms with Crippen molar-refractivity contribution in [3.05, 3.63) is 82.5 Å². The fourth-order valence-electron chi connectivity index (χ4n) is 2.97. The number of aromatic nitrogens is 1. The van der Waals surface area contributed by atoms with Crippen molar-refractivity contribution in [2.24, 2.45) is 0 Å². The molecule has 152 valence electrons. The summed E-state index contributed by atoms with van der Waals surface area (Å²) in [6, 6.07) is 14.5. The van der Waals surface area contributed by atoms with Gasteiger partial charge in [0.2, 0.25) is 5.88 Å². The molecule has 1 N–H and O–H groups in total. The van der Waals surface area contributed by atoms with Crippen molar-refractivity contribution in [2.75, 3.05) is 7.11 Å². The molecule has 7 heteroatoms. The summed E-state index contributed by atoms with van der Waals surface area (Å²) in [6.45, 7) is 2.55. The largest absolute Gasteiger partial charge is 0.481 e. The quantitative estimate of drug-likeness (QED) is 0.509. The van der Waals surface area contributed by atoms with Crippen molar-refractivity contribution in [1.29, 1.82) is 0 Å². The van der Waals surface area contributed by atoms with Crippen LogP contribution in [0.25, 0.3) is 11.1 Å². The Labute approximate surface area is 172 Å². The summed E-state index contributed by atoms with van der Waals surface area (Å²) in [5.74, 6) is 0.358. The first kappa shape index (κ1) is 21.1. The van der Waals surface area contributed by atoms with Crippen LogP contribution in [0.15, 0.2) is 60.8 Å². The van der Waals surface area contributed by atoms with Crippen LogP contribution >= 0.6 is 11.6 Å². The topological polar surface area (TPSA) is 34.1 Å². The fraction of sp³-hybridized carbons (Fsp3) is 0.227. The maximum absolute atomic E-state index is 12.8. The van der Waals surface area contributed by atoms with Crippen molar-refractivity contribution in [2.45, 2.75) is 25.7 Å². The summed E-state index contributed by atoms with van der Waals surface area (Å²) in [6.07, 6.45) is -2.69. The molecular formula is C22H20ClF3N2O. The minimum Gasteiger partial charge on any atom is -0.481 e. The van der Waals surface area contributed by atoms with E-state index in [4.69, 9.17) is 16.3 Å². The maximum atomic E-state index is 12.8. The number of methoxy groups -OCH3 is 1. The van der Waals surface area contributed by atoms with E-state index in [1.54, 1.807) is 6.20 Å². The summed E-state index contributed by atoms with van der Waals surface area (Å²) in [4.78, 5) is 4.30. The molecule has 2 aromatic carbocycles. The molecule has 29 heavy (non-hydrogen) atoms. The lowest BCUT2D eigenvalue weighted by Crippen LogP contribution is -2.18. The SMILES string of the molecule is COc1ncc(CN[C@H](C)c2cccc(Cl)c2)cc1-c1ccc(C(F)(F)F)cc1. The van der Waals surface area contributed by atoms with E-state index in [9.17, 15) is 13.2 Å². The first-order valence-electron chi connectivity index (χ1n) is 8.97. The second-order valence-corrected chi connectivity index (χ2v) is 7.07. The van der Waals surface area contributed by atoms with E-state index in [0.717, 1.165) is 23.3 Å². The van der Waals surface area contributed by atoms with Gasteiger partial charge in [-0.15, -0.1) is 0 Å². The van der Waals surface area contributed by atoms with Crippen LogP contribution in [0.2, 0.25) is 5.02 Å². The van der Waals surface area contributed by atoms with Crippen molar-refractivity contribution >= 4 is 11.6 Å². The van der Waals surface area contributed by atoms with Gasteiger partial charge in [-0.05, 0) is 53.9 Å². The molecule has 3 nitrogen and oxygen atoms in total. The second kappa shape index (κ2) is 8.84. The number of alkyl halides is 3. The lowest BCUT2D eigenvalue weighted by atomic mass is 10.0. The normalized spacial score (nSPS) is 12.6.